The molecule has 0 aliphatic heterocycles. The number of nitrogens with zero attached hydrogens (tertiary/aromatic N) is 1. The van der Waals surface area contributed by atoms with Crippen molar-refractivity contribution in [1.29, 1.82) is 0 Å². The minimum atomic E-state index is -0.884. The third-order valence-electron chi connectivity index (χ3n) is 2.95. The summed E-state index contributed by atoms with van der Waals surface area (Å²) in [6.45, 7) is 8.98. The third kappa shape index (κ3) is 7.65. The van der Waals surface area contributed by atoms with Gasteiger partial charge in [0.05, 0.1) is 4.92 Å². The van der Waals surface area contributed by atoms with Crippen LogP contribution in [0.4, 0.5) is 10.5 Å². The van der Waals surface area contributed by atoms with E-state index in [2.05, 4.69) is 5.32 Å². The number of ether oxygens (including phenoxy) is 2. The van der Waals surface area contributed by atoms with Crippen molar-refractivity contribution in [2.45, 2.75) is 52.7 Å². The number of rotatable bonds is 6. The minimum absolute atomic E-state index is 0.106. The minimum Gasteiger partial charge on any atom is -0.444 e. The van der Waals surface area contributed by atoms with Crippen molar-refractivity contribution in [2.75, 3.05) is 0 Å². The van der Waals surface area contributed by atoms with E-state index in [1.54, 1.807) is 20.8 Å². The van der Waals surface area contributed by atoms with Gasteiger partial charge in [0.25, 0.3) is 5.69 Å². The number of non-ortho nitro benzene ring substituents is 1. The summed E-state index contributed by atoms with van der Waals surface area (Å²) < 4.78 is 10.4. The van der Waals surface area contributed by atoms with Crippen molar-refractivity contribution >= 4 is 17.7 Å². The van der Waals surface area contributed by atoms with E-state index in [0.717, 1.165) is 0 Å². The molecule has 1 amide bonds. The fraction of sp³-hybridized carbons (Fsp3) is 0.529. The monoisotopic (exact) mass is 352 g/mol. The Bertz CT molecular complexity index is 619. The van der Waals surface area contributed by atoms with Gasteiger partial charge in [0, 0.05) is 12.1 Å². The van der Waals surface area contributed by atoms with Crippen LogP contribution < -0.4 is 10.1 Å². The second-order valence-electron chi connectivity index (χ2n) is 7.00. The lowest BCUT2D eigenvalue weighted by Gasteiger charge is -2.23. The average molecular weight is 352 g/mol. The highest BCUT2D eigenvalue weighted by molar-refractivity contribution is 5.83. The summed E-state index contributed by atoms with van der Waals surface area (Å²) in [5.41, 5.74) is -0.792. The van der Waals surface area contributed by atoms with Crippen LogP contribution in [0.2, 0.25) is 0 Å². The number of carbonyl (C=O) groups excluding carboxylic acids is 2. The molecule has 138 valence electrons. The van der Waals surface area contributed by atoms with E-state index in [1.807, 2.05) is 13.8 Å². The number of nitro benzene ring substituents is 1. The van der Waals surface area contributed by atoms with Crippen molar-refractivity contribution in [3.05, 3.63) is 34.4 Å². The van der Waals surface area contributed by atoms with E-state index >= 15 is 0 Å². The maximum absolute atomic E-state index is 12.3. The van der Waals surface area contributed by atoms with Crippen molar-refractivity contribution < 1.29 is 24.0 Å². The number of alkyl carbamates (subject to hydrolysis) is 1. The van der Waals surface area contributed by atoms with Gasteiger partial charge in [-0.3, -0.25) is 10.1 Å². The number of hydrogen-bond donors (Lipinski definition) is 1. The molecule has 1 N–H and O–H groups in total. The van der Waals surface area contributed by atoms with Gasteiger partial charge in [-0.1, -0.05) is 13.8 Å². The number of amides is 1. The molecule has 1 atom stereocenters. The van der Waals surface area contributed by atoms with E-state index in [1.165, 1.54) is 24.3 Å². The van der Waals surface area contributed by atoms with Gasteiger partial charge in [-0.05, 0) is 45.2 Å². The molecular weight excluding hydrogens is 328 g/mol. The Kier molecular flexibility index (Phi) is 6.90. The van der Waals surface area contributed by atoms with Crippen LogP contribution in [0.15, 0.2) is 24.3 Å². The first kappa shape index (κ1) is 20.4. The lowest BCUT2D eigenvalue weighted by atomic mass is 10.0. The van der Waals surface area contributed by atoms with E-state index in [9.17, 15) is 19.7 Å². The molecule has 1 aromatic carbocycles. The molecule has 0 bridgehead atoms. The van der Waals surface area contributed by atoms with Crippen molar-refractivity contribution in [2.24, 2.45) is 5.92 Å². The van der Waals surface area contributed by atoms with Crippen LogP contribution in [0.3, 0.4) is 0 Å². The second-order valence-corrected chi connectivity index (χ2v) is 7.00. The molecule has 0 saturated heterocycles. The Morgan fingerprint density at radius 3 is 2.20 bits per heavy atom. The summed E-state index contributed by atoms with van der Waals surface area (Å²) in [5, 5.41) is 13.1. The molecule has 1 aromatic rings. The van der Waals surface area contributed by atoms with Gasteiger partial charge in [0.1, 0.15) is 17.4 Å². The Morgan fingerprint density at radius 2 is 1.76 bits per heavy atom. The maximum atomic E-state index is 12.3. The third-order valence-corrected chi connectivity index (χ3v) is 2.95. The van der Waals surface area contributed by atoms with Gasteiger partial charge in [-0.25, -0.2) is 9.59 Å². The predicted molar refractivity (Wildman–Crippen MR) is 91.3 cm³/mol. The van der Waals surface area contributed by atoms with Gasteiger partial charge in [-0.15, -0.1) is 0 Å². The number of esters is 1. The topological polar surface area (TPSA) is 108 Å². The maximum Gasteiger partial charge on any atom is 0.408 e. The summed E-state index contributed by atoms with van der Waals surface area (Å²) >= 11 is 0. The van der Waals surface area contributed by atoms with Gasteiger partial charge in [-0.2, -0.15) is 0 Å². The van der Waals surface area contributed by atoms with Crippen LogP contribution >= 0.6 is 0 Å². The molecule has 0 aliphatic carbocycles. The molecule has 0 saturated carbocycles. The van der Waals surface area contributed by atoms with Crippen LogP contribution in [0.1, 0.15) is 41.0 Å². The second kappa shape index (κ2) is 8.46. The van der Waals surface area contributed by atoms with Gasteiger partial charge < -0.3 is 14.8 Å². The molecular formula is C17H24N2O6. The SMILES string of the molecule is CC(C)CC(NC(=O)OC(C)(C)C)C(=O)Oc1ccc([N+](=O)[O-])cc1. The molecule has 0 fully saturated rings. The summed E-state index contributed by atoms with van der Waals surface area (Å²) in [5.74, 6) is -0.367. The summed E-state index contributed by atoms with van der Waals surface area (Å²) in [6, 6.07) is 4.25. The number of nitrogens with one attached hydrogen (secondary N) is 1. The molecule has 0 spiro atoms. The highest BCUT2D eigenvalue weighted by Crippen LogP contribution is 2.18. The van der Waals surface area contributed by atoms with Crippen LogP contribution in [0, 0.1) is 16.0 Å². The van der Waals surface area contributed by atoms with Crippen molar-refractivity contribution in [1.82, 2.24) is 5.32 Å². The molecule has 8 heteroatoms. The van der Waals surface area contributed by atoms with Gasteiger partial charge >= 0.3 is 12.1 Å². The normalized spacial score (nSPS) is 12.4. The van der Waals surface area contributed by atoms with Crippen LogP contribution in [-0.2, 0) is 9.53 Å². The molecule has 8 nitrogen and oxygen atoms in total. The summed E-state index contributed by atoms with van der Waals surface area (Å²) in [6.07, 6.45) is -0.343. The van der Waals surface area contributed by atoms with Gasteiger partial charge in [0.15, 0.2) is 0 Å². The highest BCUT2D eigenvalue weighted by atomic mass is 16.6. The zero-order valence-corrected chi connectivity index (χ0v) is 15.1. The Morgan fingerprint density at radius 1 is 1.20 bits per heavy atom. The Labute approximate surface area is 146 Å². The standard InChI is InChI=1S/C17H24N2O6/c1-11(2)10-14(18-16(21)25-17(3,4)5)15(20)24-13-8-6-12(7-9-13)19(22)23/h6-9,11,14H,10H2,1-5H3,(H,18,21). The largest absolute Gasteiger partial charge is 0.444 e. The number of carbonyl (C=O) groups is 2. The molecule has 1 rings (SSSR count). The molecule has 0 heterocycles. The van der Waals surface area contributed by atoms with E-state index in [4.69, 9.17) is 9.47 Å². The lowest BCUT2D eigenvalue weighted by Crippen LogP contribution is -2.45. The summed E-state index contributed by atoms with van der Waals surface area (Å²) in [7, 11) is 0. The molecule has 0 aromatic heterocycles. The zero-order chi connectivity index (χ0) is 19.2. The molecule has 1 unspecified atom stereocenters. The zero-order valence-electron chi connectivity index (χ0n) is 15.1. The first-order valence-electron chi connectivity index (χ1n) is 7.93. The van der Waals surface area contributed by atoms with E-state index < -0.39 is 28.6 Å². The van der Waals surface area contributed by atoms with E-state index in [0.29, 0.717) is 6.42 Å². The highest BCUT2D eigenvalue weighted by Gasteiger charge is 2.26. The fourth-order valence-corrected chi connectivity index (χ4v) is 1.96. The predicted octanol–water partition coefficient (Wildman–Crippen LogP) is 3.44. The lowest BCUT2D eigenvalue weighted by molar-refractivity contribution is -0.384. The number of benzene rings is 1. The van der Waals surface area contributed by atoms with Crippen molar-refractivity contribution in [3.8, 4) is 5.75 Å². The molecule has 0 radical (unpaired) electrons. The fourth-order valence-electron chi connectivity index (χ4n) is 1.96. The Balaban J connectivity index is 2.78. The summed E-state index contributed by atoms with van der Waals surface area (Å²) in [4.78, 5) is 34.3. The van der Waals surface area contributed by atoms with E-state index in [-0.39, 0.29) is 17.4 Å². The van der Waals surface area contributed by atoms with Crippen LogP contribution in [0.25, 0.3) is 0 Å². The van der Waals surface area contributed by atoms with Crippen LogP contribution in [-0.4, -0.2) is 28.6 Å². The quantitative estimate of drug-likeness (QED) is 0.364. The van der Waals surface area contributed by atoms with Crippen LogP contribution in [0.5, 0.6) is 5.75 Å². The number of nitro groups is 1. The van der Waals surface area contributed by atoms with Gasteiger partial charge in [0.2, 0.25) is 0 Å². The number of hydrogen-bond acceptors (Lipinski definition) is 6. The Hall–Kier alpha value is -2.64. The molecule has 25 heavy (non-hydrogen) atoms. The first-order valence-corrected chi connectivity index (χ1v) is 7.93. The first-order chi connectivity index (χ1) is 11.5. The average Bonchev–Trinajstić information content (AvgIpc) is 2.44. The van der Waals surface area contributed by atoms with Crippen molar-refractivity contribution in [3.63, 3.8) is 0 Å². The molecule has 0 aliphatic rings. The smallest absolute Gasteiger partial charge is 0.408 e.